The summed E-state index contributed by atoms with van der Waals surface area (Å²) >= 11 is 0. The lowest BCUT2D eigenvalue weighted by Crippen LogP contribution is -2.34. The van der Waals surface area contributed by atoms with Crippen LogP contribution in [0.2, 0.25) is 0 Å². The molecule has 1 atom stereocenters. The molecule has 31 heavy (non-hydrogen) atoms. The van der Waals surface area contributed by atoms with E-state index in [4.69, 9.17) is 0 Å². The van der Waals surface area contributed by atoms with E-state index in [0.29, 0.717) is 17.7 Å². The highest BCUT2D eigenvalue weighted by molar-refractivity contribution is 7.92. The fourth-order valence-corrected chi connectivity index (χ4v) is 7.23. The lowest BCUT2D eigenvalue weighted by atomic mass is 10.1. The van der Waals surface area contributed by atoms with Crippen LogP contribution in [0.5, 0.6) is 0 Å². The highest BCUT2D eigenvalue weighted by atomic mass is 32.2. The largest absolute Gasteiger partial charge is 0.326 e. The van der Waals surface area contributed by atoms with Crippen LogP contribution < -0.4 is 5.32 Å². The summed E-state index contributed by atoms with van der Waals surface area (Å²) in [4.78, 5) is 11.6. The van der Waals surface area contributed by atoms with Crippen molar-refractivity contribution in [2.24, 2.45) is 0 Å². The van der Waals surface area contributed by atoms with Gasteiger partial charge in [-0.15, -0.1) is 0 Å². The van der Waals surface area contributed by atoms with Crippen molar-refractivity contribution in [3.05, 3.63) is 59.4 Å². The zero-order valence-electron chi connectivity index (χ0n) is 17.3. The molecule has 2 aromatic rings. The first-order chi connectivity index (χ1) is 14.6. The number of carbonyl (C=O) groups excluding carboxylic acids is 1. The summed E-state index contributed by atoms with van der Waals surface area (Å²) in [6.45, 7) is 3.08. The third kappa shape index (κ3) is 4.97. The van der Waals surface area contributed by atoms with Crippen molar-refractivity contribution in [3.63, 3.8) is 0 Å². The first kappa shape index (κ1) is 23.4. The lowest BCUT2D eigenvalue weighted by molar-refractivity contribution is -0.115. The summed E-state index contributed by atoms with van der Waals surface area (Å²) in [6.07, 6.45) is 0.261. The highest BCUT2D eigenvalue weighted by Gasteiger charge is 2.37. The fourth-order valence-electron chi connectivity index (χ4n) is 3.65. The van der Waals surface area contributed by atoms with Crippen molar-refractivity contribution < 1.29 is 26.0 Å². The summed E-state index contributed by atoms with van der Waals surface area (Å²) in [5.41, 5.74) is 0.988. The lowest BCUT2D eigenvalue weighted by Gasteiger charge is -2.21. The Morgan fingerprint density at radius 2 is 1.90 bits per heavy atom. The van der Waals surface area contributed by atoms with Crippen LogP contribution in [0.4, 0.5) is 10.1 Å². The first-order valence-electron chi connectivity index (χ1n) is 9.93. The van der Waals surface area contributed by atoms with Crippen LogP contribution in [0.25, 0.3) is 0 Å². The molecule has 1 amide bonds. The average molecular weight is 469 g/mol. The number of hydrogen-bond donors (Lipinski definition) is 1. The summed E-state index contributed by atoms with van der Waals surface area (Å²) in [7, 11) is -7.71. The molecule has 1 unspecified atom stereocenters. The van der Waals surface area contributed by atoms with Gasteiger partial charge in [0, 0.05) is 30.8 Å². The molecule has 0 spiro atoms. The molecule has 2 aromatic carbocycles. The van der Waals surface area contributed by atoms with Crippen LogP contribution in [-0.2, 0) is 24.7 Å². The van der Waals surface area contributed by atoms with Crippen LogP contribution in [0.3, 0.4) is 0 Å². The standard InChI is InChI=1S/C21H25FN2O5S2/c1-3-21(25)23-16-8-9-19(15(2)14-16)31(28,29)24-11-10-20(30(26,27)13-12-24)17-6-4-5-7-18(17)22/h4-9,14,20H,3,10-13H2,1-2H3,(H,23,25). The first-order valence-corrected chi connectivity index (χ1v) is 13.1. The summed E-state index contributed by atoms with van der Waals surface area (Å²) < 4.78 is 67.4. The molecule has 3 rings (SSSR count). The maximum Gasteiger partial charge on any atom is 0.243 e. The molecule has 1 heterocycles. The number of hydrogen-bond acceptors (Lipinski definition) is 5. The number of sulfonamides is 1. The van der Waals surface area contributed by atoms with Crippen LogP contribution in [0, 0.1) is 12.7 Å². The summed E-state index contributed by atoms with van der Waals surface area (Å²) in [5, 5.41) is 1.58. The van der Waals surface area contributed by atoms with Crippen molar-refractivity contribution >= 4 is 31.5 Å². The smallest absolute Gasteiger partial charge is 0.243 e. The van der Waals surface area contributed by atoms with E-state index in [2.05, 4.69) is 5.32 Å². The molecule has 0 aromatic heterocycles. The molecule has 1 aliphatic rings. The van der Waals surface area contributed by atoms with E-state index >= 15 is 0 Å². The molecule has 1 N–H and O–H groups in total. The molecule has 0 radical (unpaired) electrons. The summed E-state index contributed by atoms with van der Waals surface area (Å²) in [6, 6.07) is 10.1. The topological polar surface area (TPSA) is 101 Å². The van der Waals surface area contributed by atoms with Gasteiger partial charge in [-0.2, -0.15) is 4.31 Å². The number of halogens is 1. The van der Waals surface area contributed by atoms with Gasteiger partial charge in [-0.25, -0.2) is 21.2 Å². The van der Waals surface area contributed by atoms with E-state index < -0.39 is 36.7 Å². The Morgan fingerprint density at radius 3 is 2.55 bits per heavy atom. The van der Waals surface area contributed by atoms with Crippen molar-refractivity contribution in [3.8, 4) is 0 Å². The molecular weight excluding hydrogens is 443 g/mol. The number of rotatable bonds is 5. The number of aryl methyl sites for hydroxylation is 1. The van der Waals surface area contributed by atoms with E-state index in [9.17, 15) is 26.0 Å². The predicted molar refractivity (Wildman–Crippen MR) is 116 cm³/mol. The SMILES string of the molecule is CCC(=O)Nc1ccc(S(=O)(=O)N2CCC(c3ccccc3F)S(=O)(=O)CC2)c(C)c1. The number of amides is 1. The Hall–Kier alpha value is -2.30. The second kappa shape index (κ2) is 9.05. The molecule has 1 fully saturated rings. The average Bonchev–Trinajstić information content (AvgIpc) is 2.86. The second-order valence-electron chi connectivity index (χ2n) is 7.45. The normalized spacial score (nSPS) is 19.5. The third-order valence-electron chi connectivity index (χ3n) is 5.35. The minimum Gasteiger partial charge on any atom is -0.326 e. The molecule has 7 nitrogen and oxygen atoms in total. The molecule has 0 saturated carbocycles. The van der Waals surface area contributed by atoms with Crippen molar-refractivity contribution in [1.82, 2.24) is 4.31 Å². The van der Waals surface area contributed by atoms with E-state index in [1.807, 2.05) is 0 Å². The van der Waals surface area contributed by atoms with Crippen LogP contribution in [0.15, 0.2) is 47.4 Å². The number of sulfone groups is 1. The van der Waals surface area contributed by atoms with Gasteiger partial charge >= 0.3 is 0 Å². The predicted octanol–water partition coefficient (Wildman–Crippen LogP) is 3.03. The molecule has 0 aliphatic carbocycles. The molecule has 1 saturated heterocycles. The second-order valence-corrected chi connectivity index (χ2v) is 11.7. The number of benzene rings is 2. The molecule has 0 bridgehead atoms. The van der Waals surface area contributed by atoms with E-state index in [-0.39, 0.29) is 35.9 Å². The maximum atomic E-state index is 14.2. The minimum atomic E-state index is -3.97. The van der Waals surface area contributed by atoms with Crippen LogP contribution in [-0.4, -0.2) is 45.9 Å². The maximum absolute atomic E-state index is 14.2. The van der Waals surface area contributed by atoms with Crippen LogP contribution in [0.1, 0.15) is 36.1 Å². The Labute approximate surface area is 182 Å². The molecule has 1 aliphatic heterocycles. The van der Waals surface area contributed by atoms with Gasteiger partial charge in [-0.1, -0.05) is 25.1 Å². The Balaban J connectivity index is 1.88. The quantitative estimate of drug-likeness (QED) is 0.727. The van der Waals surface area contributed by atoms with Gasteiger partial charge in [-0.05, 0) is 43.2 Å². The Morgan fingerprint density at radius 1 is 1.19 bits per heavy atom. The van der Waals surface area contributed by atoms with Crippen molar-refractivity contribution in [1.29, 1.82) is 0 Å². The minimum absolute atomic E-state index is 0.0355. The number of carbonyl (C=O) groups is 1. The zero-order valence-corrected chi connectivity index (χ0v) is 19.0. The highest BCUT2D eigenvalue weighted by Crippen LogP contribution is 2.33. The van der Waals surface area contributed by atoms with Gasteiger partial charge in [-0.3, -0.25) is 4.79 Å². The molecular formula is C21H25FN2O5S2. The van der Waals surface area contributed by atoms with Gasteiger partial charge in [0.15, 0.2) is 9.84 Å². The van der Waals surface area contributed by atoms with Gasteiger partial charge in [0.2, 0.25) is 15.9 Å². The monoisotopic (exact) mass is 468 g/mol. The fraction of sp³-hybridized carbons (Fsp3) is 0.381. The number of nitrogens with zero attached hydrogens (tertiary/aromatic N) is 1. The molecule has 10 heteroatoms. The van der Waals surface area contributed by atoms with Gasteiger partial charge < -0.3 is 5.32 Å². The van der Waals surface area contributed by atoms with Crippen molar-refractivity contribution in [2.75, 3.05) is 24.2 Å². The Kier molecular flexibility index (Phi) is 6.82. The molecule has 168 valence electrons. The van der Waals surface area contributed by atoms with Crippen LogP contribution >= 0.6 is 0 Å². The Bertz CT molecular complexity index is 1200. The van der Waals surface area contributed by atoms with Gasteiger partial charge in [0.05, 0.1) is 15.9 Å². The van der Waals surface area contributed by atoms with E-state index in [1.54, 1.807) is 26.0 Å². The number of nitrogens with one attached hydrogen (secondary N) is 1. The zero-order chi connectivity index (χ0) is 22.8. The summed E-state index contributed by atoms with van der Waals surface area (Å²) in [5.74, 6) is -1.20. The number of anilines is 1. The van der Waals surface area contributed by atoms with Gasteiger partial charge in [0.1, 0.15) is 5.82 Å². The van der Waals surface area contributed by atoms with Crippen molar-refractivity contribution in [2.45, 2.75) is 36.8 Å². The van der Waals surface area contributed by atoms with E-state index in [0.717, 1.165) is 4.31 Å². The van der Waals surface area contributed by atoms with Gasteiger partial charge in [0.25, 0.3) is 0 Å². The van der Waals surface area contributed by atoms with E-state index in [1.165, 1.54) is 30.3 Å². The third-order valence-corrected chi connectivity index (χ3v) is 9.52.